The van der Waals surface area contributed by atoms with Gasteiger partial charge in [-0.25, -0.2) is 0 Å². The highest BCUT2D eigenvalue weighted by Gasteiger charge is 2.19. The largest absolute Gasteiger partial charge is 0.377 e. The van der Waals surface area contributed by atoms with Crippen LogP contribution >= 0.6 is 0 Å². The Hall–Kier alpha value is -0.0800. The number of hydrogen-bond acceptors (Lipinski definition) is 2. The van der Waals surface area contributed by atoms with Crippen molar-refractivity contribution < 1.29 is 4.74 Å². The fourth-order valence-corrected chi connectivity index (χ4v) is 1.26. The van der Waals surface area contributed by atoms with Crippen LogP contribution in [0.1, 0.15) is 20.3 Å². The van der Waals surface area contributed by atoms with Gasteiger partial charge < -0.3 is 10.1 Å². The average molecular weight is 129 g/mol. The summed E-state index contributed by atoms with van der Waals surface area (Å²) >= 11 is 0. The Bertz CT molecular complexity index is 83.0. The van der Waals surface area contributed by atoms with Gasteiger partial charge >= 0.3 is 0 Å². The van der Waals surface area contributed by atoms with E-state index in [2.05, 4.69) is 12.2 Å². The Morgan fingerprint density at radius 2 is 2.44 bits per heavy atom. The Labute approximate surface area is 56.6 Å². The van der Waals surface area contributed by atoms with Crippen molar-refractivity contribution >= 4 is 0 Å². The highest BCUT2D eigenvalue weighted by Crippen LogP contribution is 2.08. The highest BCUT2D eigenvalue weighted by molar-refractivity contribution is 4.78. The zero-order chi connectivity index (χ0) is 6.69. The first kappa shape index (κ1) is 7.03. The van der Waals surface area contributed by atoms with Crippen molar-refractivity contribution in [3.8, 4) is 0 Å². The summed E-state index contributed by atoms with van der Waals surface area (Å²) in [6.45, 7) is 6.12. The fraction of sp³-hybridized carbons (Fsp3) is 1.00. The van der Waals surface area contributed by atoms with Crippen molar-refractivity contribution in [1.29, 1.82) is 0 Å². The van der Waals surface area contributed by atoms with Crippen molar-refractivity contribution in [1.82, 2.24) is 5.32 Å². The van der Waals surface area contributed by atoms with E-state index in [0.29, 0.717) is 12.1 Å². The van der Waals surface area contributed by atoms with Crippen LogP contribution < -0.4 is 5.32 Å². The molecule has 1 saturated heterocycles. The zero-order valence-electron chi connectivity index (χ0n) is 6.18. The third kappa shape index (κ3) is 1.95. The Balaban J connectivity index is 2.14. The molecule has 1 N–H and O–H groups in total. The molecule has 0 radical (unpaired) electrons. The second kappa shape index (κ2) is 3.18. The lowest BCUT2D eigenvalue weighted by atomic mass is 10.2. The average Bonchev–Trinajstić information content (AvgIpc) is 2.17. The van der Waals surface area contributed by atoms with Gasteiger partial charge in [0.15, 0.2) is 0 Å². The molecule has 2 nitrogen and oxygen atoms in total. The lowest BCUT2D eigenvalue weighted by Gasteiger charge is -2.06. The fourth-order valence-electron chi connectivity index (χ4n) is 1.26. The maximum absolute atomic E-state index is 5.41. The van der Waals surface area contributed by atoms with Gasteiger partial charge in [-0.15, -0.1) is 0 Å². The zero-order valence-corrected chi connectivity index (χ0v) is 6.18. The van der Waals surface area contributed by atoms with E-state index in [9.17, 15) is 0 Å². The van der Waals surface area contributed by atoms with Crippen molar-refractivity contribution in [2.45, 2.75) is 32.4 Å². The van der Waals surface area contributed by atoms with E-state index in [4.69, 9.17) is 4.74 Å². The van der Waals surface area contributed by atoms with Crippen LogP contribution in [0.4, 0.5) is 0 Å². The van der Waals surface area contributed by atoms with Crippen LogP contribution in [-0.2, 0) is 4.74 Å². The van der Waals surface area contributed by atoms with Crippen LogP contribution in [0.3, 0.4) is 0 Å². The molecule has 1 heterocycles. The summed E-state index contributed by atoms with van der Waals surface area (Å²) in [5.74, 6) is 0. The summed E-state index contributed by atoms with van der Waals surface area (Å²) in [7, 11) is 0. The van der Waals surface area contributed by atoms with E-state index < -0.39 is 0 Å². The Morgan fingerprint density at radius 3 is 2.89 bits per heavy atom. The summed E-state index contributed by atoms with van der Waals surface area (Å²) < 4.78 is 5.41. The first-order chi connectivity index (χ1) is 4.33. The smallest absolute Gasteiger partial charge is 0.0714 e. The molecule has 9 heavy (non-hydrogen) atoms. The van der Waals surface area contributed by atoms with Gasteiger partial charge in [-0.05, 0) is 20.3 Å². The lowest BCUT2D eigenvalue weighted by molar-refractivity contribution is 0.0761. The topological polar surface area (TPSA) is 21.3 Å². The number of nitrogens with one attached hydrogen (secondary N) is 1. The molecule has 1 rings (SSSR count). The summed E-state index contributed by atoms with van der Waals surface area (Å²) in [6.07, 6.45) is 1.65. The second-order valence-electron chi connectivity index (χ2n) is 2.62. The van der Waals surface area contributed by atoms with Crippen LogP contribution in [-0.4, -0.2) is 25.3 Å². The van der Waals surface area contributed by atoms with Crippen molar-refractivity contribution in [2.75, 3.05) is 13.2 Å². The minimum Gasteiger partial charge on any atom is -0.377 e. The maximum atomic E-state index is 5.41. The lowest BCUT2D eigenvalue weighted by Crippen LogP contribution is -2.18. The Kier molecular flexibility index (Phi) is 2.49. The number of hydrogen-bond donors (Lipinski definition) is 1. The maximum Gasteiger partial charge on any atom is 0.0714 e. The molecule has 0 aromatic heterocycles. The highest BCUT2D eigenvalue weighted by atomic mass is 16.5. The van der Waals surface area contributed by atoms with Crippen LogP contribution in [0, 0.1) is 0 Å². The van der Waals surface area contributed by atoms with Gasteiger partial charge in [-0.3, -0.25) is 0 Å². The molecule has 2 atom stereocenters. The molecular formula is C7H15NO. The molecule has 54 valence electrons. The number of rotatable bonds is 2. The van der Waals surface area contributed by atoms with Crippen molar-refractivity contribution in [3.05, 3.63) is 0 Å². The third-order valence-corrected chi connectivity index (χ3v) is 1.71. The normalized spacial score (nSPS) is 35.3. The molecule has 0 spiro atoms. The molecule has 0 aromatic rings. The molecule has 0 aliphatic carbocycles. The summed E-state index contributed by atoms with van der Waals surface area (Å²) in [5, 5.41) is 3.33. The molecule has 0 aromatic carbocycles. The second-order valence-corrected chi connectivity index (χ2v) is 2.62. The van der Waals surface area contributed by atoms with Gasteiger partial charge in [0.05, 0.1) is 6.10 Å². The first-order valence-corrected chi connectivity index (χ1v) is 3.68. The van der Waals surface area contributed by atoms with Crippen LogP contribution in [0.25, 0.3) is 0 Å². The van der Waals surface area contributed by atoms with Gasteiger partial charge in [-0.2, -0.15) is 0 Å². The van der Waals surface area contributed by atoms with Gasteiger partial charge in [0.25, 0.3) is 0 Å². The van der Waals surface area contributed by atoms with Crippen LogP contribution in [0.5, 0.6) is 0 Å². The molecule has 1 fully saturated rings. The molecule has 0 amide bonds. The molecule has 1 aliphatic heterocycles. The minimum atomic E-state index is 0.477. The van der Waals surface area contributed by atoms with Crippen LogP contribution in [0.15, 0.2) is 0 Å². The molecule has 1 aliphatic rings. The van der Waals surface area contributed by atoms with E-state index in [1.165, 1.54) is 6.42 Å². The predicted molar refractivity (Wildman–Crippen MR) is 37.5 cm³/mol. The first-order valence-electron chi connectivity index (χ1n) is 3.68. The number of ether oxygens (including phenoxy) is 1. The quantitative estimate of drug-likeness (QED) is 0.594. The van der Waals surface area contributed by atoms with Gasteiger partial charge in [-0.1, -0.05) is 0 Å². The predicted octanol–water partition coefficient (Wildman–Crippen LogP) is 0.773. The molecule has 2 heteroatoms. The van der Waals surface area contributed by atoms with E-state index in [1.807, 2.05) is 6.92 Å². The van der Waals surface area contributed by atoms with Crippen molar-refractivity contribution in [2.24, 2.45) is 0 Å². The van der Waals surface area contributed by atoms with Crippen molar-refractivity contribution in [3.63, 3.8) is 0 Å². The molecule has 0 saturated carbocycles. The van der Waals surface area contributed by atoms with Gasteiger partial charge in [0, 0.05) is 19.2 Å². The summed E-state index contributed by atoms with van der Waals surface area (Å²) in [4.78, 5) is 0. The van der Waals surface area contributed by atoms with Gasteiger partial charge in [0.1, 0.15) is 0 Å². The minimum absolute atomic E-state index is 0.477. The molecular weight excluding hydrogens is 114 g/mol. The van der Waals surface area contributed by atoms with E-state index in [-0.39, 0.29) is 0 Å². The Morgan fingerprint density at radius 1 is 1.67 bits per heavy atom. The van der Waals surface area contributed by atoms with Gasteiger partial charge in [0.2, 0.25) is 0 Å². The molecule has 0 unspecified atom stereocenters. The van der Waals surface area contributed by atoms with E-state index in [1.54, 1.807) is 0 Å². The van der Waals surface area contributed by atoms with E-state index >= 15 is 0 Å². The van der Waals surface area contributed by atoms with Crippen LogP contribution in [0.2, 0.25) is 0 Å². The SMILES string of the molecule is CCO[C@H]1CN[C@@H](C)C1. The monoisotopic (exact) mass is 129 g/mol. The standard InChI is InChI=1S/C7H15NO/c1-3-9-7-4-6(2)8-5-7/h6-8H,3-5H2,1-2H3/t6-,7+/m0/s1. The summed E-state index contributed by atoms with van der Waals surface area (Å²) in [5.41, 5.74) is 0. The molecule has 0 bridgehead atoms. The van der Waals surface area contributed by atoms with E-state index in [0.717, 1.165) is 13.2 Å². The third-order valence-electron chi connectivity index (χ3n) is 1.71. The summed E-state index contributed by atoms with van der Waals surface area (Å²) in [6, 6.07) is 0.654.